The van der Waals surface area contributed by atoms with Crippen molar-refractivity contribution in [2.45, 2.75) is 57.9 Å². The molecule has 1 aliphatic carbocycles. The van der Waals surface area contributed by atoms with Gasteiger partial charge in [-0.2, -0.15) is 0 Å². The molecule has 5 heteroatoms. The van der Waals surface area contributed by atoms with Crippen molar-refractivity contribution in [1.29, 1.82) is 0 Å². The molecule has 24 heavy (non-hydrogen) atoms. The van der Waals surface area contributed by atoms with Gasteiger partial charge in [-0.3, -0.25) is 9.59 Å². The Hall–Kier alpha value is -1.36. The van der Waals surface area contributed by atoms with Crippen LogP contribution in [-0.2, 0) is 16.0 Å². The predicted octanol–water partition coefficient (Wildman–Crippen LogP) is 3.68. The molecule has 0 radical (unpaired) electrons. The van der Waals surface area contributed by atoms with Gasteiger partial charge in [0.2, 0.25) is 11.8 Å². The number of hydrogen-bond acceptors (Lipinski definition) is 2. The SMILES string of the molecule is CC(=O)N(CCNC(=O)Cc1ccccc1Br)C1CCCCCC1. The van der Waals surface area contributed by atoms with Crippen LogP contribution in [-0.4, -0.2) is 35.8 Å². The van der Waals surface area contributed by atoms with E-state index in [1.54, 1.807) is 6.92 Å². The zero-order valence-corrected chi connectivity index (χ0v) is 16.0. The molecule has 4 nitrogen and oxygen atoms in total. The number of halogens is 1. The molecule has 0 unspecified atom stereocenters. The summed E-state index contributed by atoms with van der Waals surface area (Å²) in [6, 6.07) is 8.08. The number of hydrogen-bond donors (Lipinski definition) is 1. The average Bonchev–Trinajstić information content (AvgIpc) is 2.82. The van der Waals surface area contributed by atoms with E-state index >= 15 is 0 Å². The normalized spacial score (nSPS) is 15.6. The Bertz CT molecular complexity index is 554. The maximum Gasteiger partial charge on any atom is 0.224 e. The van der Waals surface area contributed by atoms with Gasteiger partial charge in [0.1, 0.15) is 0 Å². The number of carbonyl (C=O) groups is 2. The third-order valence-corrected chi connectivity index (χ3v) is 5.43. The summed E-state index contributed by atoms with van der Waals surface area (Å²) in [6.45, 7) is 2.74. The van der Waals surface area contributed by atoms with Gasteiger partial charge >= 0.3 is 0 Å². The van der Waals surface area contributed by atoms with Gasteiger partial charge in [-0.05, 0) is 24.5 Å². The van der Waals surface area contributed by atoms with Crippen molar-refractivity contribution in [3.05, 3.63) is 34.3 Å². The summed E-state index contributed by atoms with van der Waals surface area (Å²) in [5.74, 6) is 0.105. The van der Waals surface area contributed by atoms with E-state index in [0.717, 1.165) is 22.9 Å². The average molecular weight is 395 g/mol. The molecular formula is C19H27BrN2O2. The summed E-state index contributed by atoms with van der Waals surface area (Å²) >= 11 is 3.46. The van der Waals surface area contributed by atoms with Crippen LogP contribution < -0.4 is 5.32 Å². The summed E-state index contributed by atoms with van der Waals surface area (Å²) in [6.07, 6.45) is 7.46. The molecule has 0 saturated heterocycles. The standard InChI is InChI=1S/C19H27BrN2O2/c1-15(23)22(17-9-4-2-3-5-10-17)13-12-21-19(24)14-16-8-6-7-11-18(16)20/h6-8,11,17H,2-5,9-10,12-14H2,1H3,(H,21,24). The molecule has 0 atom stereocenters. The highest BCUT2D eigenvalue weighted by Gasteiger charge is 2.22. The first-order chi connectivity index (χ1) is 11.6. The molecule has 0 spiro atoms. The molecule has 1 fully saturated rings. The van der Waals surface area contributed by atoms with E-state index in [1.807, 2.05) is 29.2 Å². The summed E-state index contributed by atoms with van der Waals surface area (Å²) in [4.78, 5) is 26.0. The lowest BCUT2D eigenvalue weighted by atomic mass is 10.1. The largest absolute Gasteiger partial charge is 0.354 e. The molecule has 0 heterocycles. The minimum Gasteiger partial charge on any atom is -0.354 e. The van der Waals surface area contributed by atoms with Crippen LogP contribution in [0.15, 0.2) is 28.7 Å². The zero-order valence-electron chi connectivity index (χ0n) is 14.4. The molecule has 1 aromatic rings. The number of nitrogens with zero attached hydrogens (tertiary/aromatic N) is 1. The first kappa shape index (κ1) is 19.0. The molecule has 2 amide bonds. The Morgan fingerprint density at radius 2 is 1.83 bits per heavy atom. The Kier molecular flexibility index (Phi) is 7.76. The van der Waals surface area contributed by atoms with Crippen LogP contribution in [0.1, 0.15) is 51.0 Å². The number of amides is 2. The number of benzene rings is 1. The predicted molar refractivity (Wildman–Crippen MR) is 99.7 cm³/mol. The second-order valence-electron chi connectivity index (χ2n) is 6.48. The van der Waals surface area contributed by atoms with Gasteiger partial charge in [-0.15, -0.1) is 0 Å². The van der Waals surface area contributed by atoms with Crippen LogP contribution in [0.25, 0.3) is 0 Å². The van der Waals surface area contributed by atoms with E-state index in [-0.39, 0.29) is 11.8 Å². The van der Waals surface area contributed by atoms with Crippen molar-refractivity contribution in [3.63, 3.8) is 0 Å². The molecule has 0 bridgehead atoms. The van der Waals surface area contributed by atoms with Crippen molar-refractivity contribution < 1.29 is 9.59 Å². The molecule has 1 aliphatic rings. The lowest BCUT2D eigenvalue weighted by molar-refractivity contribution is -0.132. The second kappa shape index (κ2) is 9.82. The first-order valence-corrected chi connectivity index (χ1v) is 9.64. The van der Waals surface area contributed by atoms with E-state index in [2.05, 4.69) is 21.2 Å². The van der Waals surface area contributed by atoms with Crippen LogP contribution in [0.4, 0.5) is 0 Å². The van der Waals surface area contributed by atoms with Crippen molar-refractivity contribution in [3.8, 4) is 0 Å². The highest BCUT2D eigenvalue weighted by Crippen LogP contribution is 2.22. The van der Waals surface area contributed by atoms with E-state index in [4.69, 9.17) is 0 Å². The Labute approximate surface area is 153 Å². The van der Waals surface area contributed by atoms with Crippen LogP contribution in [0.3, 0.4) is 0 Å². The quantitative estimate of drug-likeness (QED) is 0.748. The fourth-order valence-electron chi connectivity index (χ4n) is 3.36. The molecule has 132 valence electrons. The first-order valence-electron chi connectivity index (χ1n) is 8.85. The molecule has 1 N–H and O–H groups in total. The molecular weight excluding hydrogens is 368 g/mol. The van der Waals surface area contributed by atoms with Gasteiger partial charge in [-0.25, -0.2) is 0 Å². The van der Waals surface area contributed by atoms with Gasteiger partial charge in [0, 0.05) is 30.5 Å². The third-order valence-electron chi connectivity index (χ3n) is 4.65. The minimum absolute atomic E-state index is 0.00808. The lowest BCUT2D eigenvalue weighted by Gasteiger charge is -2.30. The van der Waals surface area contributed by atoms with E-state index in [1.165, 1.54) is 25.7 Å². The van der Waals surface area contributed by atoms with Crippen LogP contribution >= 0.6 is 15.9 Å². The second-order valence-corrected chi connectivity index (χ2v) is 7.33. The summed E-state index contributed by atoms with van der Waals surface area (Å²) in [7, 11) is 0. The van der Waals surface area contributed by atoms with Crippen LogP contribution in [0, 0.1) is 0 Å². The van der Waals surface area contributed by atoms with Gasteiger partial charge in [0.15, 0.2) is 0 Å². The smallest absolute Gasteiger partial charge is 0.224 e. The molecule has 1 saturated carbocycles. The fraction of sp³-hybridized carbons (Fsp3) is 0.579. The van der Waals surface area contributed by atoms with Gasteiger partial charge in [0.05, 0.1) is 6.42 Å². The Morgan fingerprint density at radius 1 is 1.17 bits per heavy atom. The van der Waals surface area contributed by atoms with E-state index < -0.39 is 0 Å². The molecule has 0 aromatic heterocycles. The Balaban J connectivity index is 1.80. The maximum absolute atomic E-state index is 12.1. The summed E-state index contributed by atoms with van der Waals surface area (Å²) < 4.78 is 0.948. The number of rotatable bonds is 6. The van der Waals surface area contributed by atoms with E-state index in [0.29, 0.717) is 25.6 Å². The minimum atomic E-state index is -0.00808. The van der Waals surface area contributed by atoms with Gasteiger partial charge in [0.25, 0.3) is 0 Å². The van der Waals surface area contributed by atoms with Crippen molar-refractivity contribution in [1.82, 2.24) is 10.2 Å². The molecule has 1 aromatic carbocycles. The fourth-order valence-corrected chi connectivity index (χ4v) is 3.78. The topological polar surface area (TPSA) is 49.4 Å². The Morgan fingerprint density at radius 3 is 2.46 bits per heavy atom. The monoisotopic (exact) mass is 394 g/mol. The molecule has 0 aliphatic heterocycles. The summed E-state index contributed by atoms with van der Waals surface area (Å²) in [5.41, 5.74) is 0.974. The zero-order chi connectivity index (χ0) is 17.4. The van der Waals surface area contributed by atoms with Crippen molar-refractivity contribution >= 4 is 27.7 Å². The van der Waals surface area contributed by atoms with Crippen molar-refractivity contribution in [2.75, 3.05) is 13.1 Å². The number of nitrogens with one attached hydrogen (secondary N) is 1. The van der Waals surface area contributed by atoms with Crippen molar-refractivity contribution in [2.24, 2.45) is 0 Å². The van der Waals surface area contributed by atoms with Crippen LogP contribution in [0.5, 0.6) is 0 Å². The van der Waals surface area contributed by atoms with Gasteiger partial charge in [-0.1, -0.05) is 59.8 Å². The maximum atomic E-state index is 12.1. The summed E-state index contributed by atoms with van der Waals surface area (Å²) in [5, 5.41) is 2.94. The highest BCUT2D eigenvalue weighted by atomic mass is 79.9. The number of carbonyl (C=O) groups excluding carboxylic acids is 2. The van der Waals surface area contributed by atoms with Crippen LogP contribution in [0.2, 0.25) is 0 Å². The highest BCUT2D eigenvalue weighted by molar-refractivity contribution is 9.10. The van der Waals surface area contributed by atoms with Gasteiger partial charge < -0.3 is 10.2 Å². The van der Waals surface area contributed by atoms with E-state index in [9.17, 15) is 9.59 Å². The lowest BCUT2D eigenvalue weighted by Crippen LogP contribution is -2.43. The molecule has 2 rings (SSSR count). The third kappa shape index (κ3) is 5.93.